The van der Waals surface area contributed by atoms with E-state index in [1.165, 1.54) is 25.9 Å². The molecule has 1 saturated heterocycles. The summed E-state index contributed by atoms with van der Waals surface area (Å²) in [7, 11) is 2.65. The summed E-state index contributed by atoms with van der Waals surface area (Å²) in [6.45, 7) is 4.27. The topological polar surface area (TPSA) is 57.0 Å². The van der Waals surface area contributed by atoms with Crippen molar-refractivity contribution in [2.75, 3.05) is 47.5 Å². The van der Waals surface area contributed by atoms with Gasteiger partial charge in [0.25, 0.3) is 0 Å². The largest absolute Gasteiger partial charge is 0.500 e. The fraction of sp³-hybridized carbons (Fsp3) is 1.00. The monoisotopic (exact) mass is 276 g/mol. The second kappa shape index (κ2) is 8.24. The van der Waals surface area contributed by atoms with Crippen molar-refractivity contribution in [3.63, 3.8) is 0 Å². The minimum absolute atomic E-state index is 0.728. The quantitative estimate of drug-likeness (QED) is 0.668. The maximum atomic E-state index is 5.70. The highest BCUT2D eigenvalue weighted by atomic mass is 28.4. The smallest absolute Gasteiger partial charge is 0.377 e. The Hall–Kier alpha value is 0.0169. The van der Waals surface area contributed by atoms with Crippen LogP contribution < -0.4 is 5.73 Å². The molecule has 0 spiro atoms. The lowest BCUT2D eigenvalue weighted by molar-refractivity contribution is 0.119. The molecule has 1 fully saturated rings. The van der Waals surface area contributed by atoms with Crippen LogP contribution >= 0.6 is 0 Å². The Morgan fingerprint density at radius 1 is 1.11 bits per heavy atom. The van der Waals surface area contributed by atoms with Gasteiger partial charge in [0.15, 0.2) is 0 Å². The van der Waals surface area contributed by atoms with Crippen molar-refractivity contribution in [3.8, 4) is 0 Å². The summed E-state index contributed by atoms with van der Waals surface area (Å²) in [6.07, 6.45) is 3.53. The molecule has 0 atom stereocenters. The molecule has 0 aromatic carbocycles. The van der Waals surface area contributed by atoms with Gasteiger partial charge < -0.3 is 23.9 Å². The minimum Gasteiger partial charge on any atom is -0.377 e. The fourth-order valence-corrected chi connectivity index (χ4v) is 4.22. The average molecular weight is 276 g/mol. The van der Waals surface area contributed by atoms with E-state index in [4.69, 9.17) is 19.0 Å². The molecule has 2 N–H and O–H groups in total. The Morgan fingerprint density at radius 2 is 1.67 bits per heavy atom. The number of nitrogens with zero attached hydrogens (tertiary/aromatic N) is 1. The molecule has 0 aromatic heterocycles. The van der Waals surface area contributed by atoms with Gasteiger partial charge in [-0.15, -0.1) is 0 Å². The van der Waals surface area contributed by atoms with E-state index in [-0.39, 0.29) is 0 Å². The van der Waals surface area contributed by atoms with Gasteiger partial charge in [0.2, 0.25) is 0 Å². The number of likely N-dealkylation sites (tertiary alicyclic amines) is 1. The standard InChI is InChI=1S/C12H28N2O3Si/c1-15-18(16-2,17-3)10-4-7-14-8-5-12(11-13)6-9-14/h12H,4-11,13H2,1-3H3. The van der Waals surface area contributed by atoms with Crippen LogP contribution in [0.15, 0.2) is 0 Å². The summed E-state index contributed by atoms with van der Waals surface area (Å²) in [5, 5.41) is 0. The highest BCUT2D eigenvalue weighted by Crippen LogP contribution is 2.19. The highest BCUT2D eigenvalue weighted by Gasteiger charge is 2.37. The lowest BCUT2D eigenvalue weighted by atomic mass is 9.97. The molecular formula is C12H28N2O3Si. The first-order valence-electron chi connectivity index (χ1n) is 6.77. The number of hydrogen-bond acceptors (Lipinski definition) is 5. The van der Waals surface area contributed by atoms with Crippen molar-refractivity contribution in [3.05, 3.63) is 0 Å². The first-order valence-corrected chi connectivity index (χ1v) is 8.70. The second-order valence-corrected chi connectivity index (χ2v) is 8.01. The van der Waals surface area contributed by atoms with Crippen LogP contribution in [0.5, 0.6) is 0 Å². The molecule has 5 nitrogen and oxygen atoms in total. The number of hydrogen-bond donors (Lipinski definition) is 1. The van der Waals surface area contributed by atoms with E-state index < -0.39 is 8.80 Å². The number of nitrogens with two attached hydrogens (primary N) is 1. The van der Waals surface area contributed by atoms with E-state index in [0.29, 0.717) is 0 Å². The van der Waals surface area contributed by atoms with Crippen molar-refractivity contribution in [2.24, 2.45) is 11.7 Å². The van der Waals surface area contributed by atoms with Crippen molar-refractivity contribution in [2.45, 2.75) is 25.3 Å². The van der Waals surface area contributed by atoms with Gasteiger partial charge >= 0.3 is 8.80 Å². The zero-order valence-corrected chi connectivity index (χ0v) is 13.0. The normalized spacial score (nSPS) is 19.3. The predicted molar refractivity (Wildman–Crippen MR) is 74.4 cm³/mol. The molecule has 0 aliphatic carbocycles. The van der Waals surface area contributed by atoms with Gasteiger partial charge in [0.05, 0.1) is 0 Å². The van der Waals surface area contributed by atoms with E-state index in [1.807, 2.05) is 0 Å². The molecule has 6 heteroatoms. The van der Waals surface area contributed by atoms with Gasteiger partial charge in [-0.05, 0) is 51.4 Å². The Balaban J connectivity index is 2.21. The lowest BCUT2D eigenvalue weighted by Gasteiger charge is -2.32. The molecular weight excluding hydrogens is 248 g/mol. The Bertz CT molecular complexity index is 211. The van der Waals surface area contributed by atoms with Crippen LogP contribution in [0.2, 0.25) is 6.04 Å². The Kier molecular flexibility index (Phi) is 7.36. The molecule has 1 aliphatic rings. The molecule has 1 rings (SSSR count). The molecule has 0 bridgehead atoms. The van der Waals surface area contributed by atoms with Crippen LogP contribution in [-0.4, -0.2) is 61.2 Å². The van der Waals surface area contributed by atoms with Crippen molar-refractivity contribution in [1.29, 1.82) is 0 Å². The van der Waals surface area contributed by atoms with Gasteiger partial charge in [-0.1, -0.05) is 0 Å². The Morgan fingerprint density at radius 3 is 2.11 bits per heavy atom. The van der Waals surface area contributed by atoms with Gasteiger partial charge in [-0.2, -0.15) is 0 Å². The first-order chi connectivity index (χ1) is 8.69. The third kappa shape index (κ3) is 4.60. The third-order valence-electron chi connectivity index (χ3n) is 3.93. The molecule has 18 heavy (non-hydrogen) atoms. The maximum absolute atomic E-state index is 5.70. The van der Waals surface area contributed by atoms with Crippen molar-refractivity contribution >= 4 is 8.80 Å². The average Bonchev–Trinajstić information content (AvgIpc) is 2.45. The third-order valence-corrected chi connectivity index (χ3v) is 6.76. The summed E-state index contributed by atoms with van der Waals surface area (Å²) in [5.41, 5.74) is 5.70. The first kappa shape index (κ1) is 16.1. The van der Waals surface area contributed by atoms with Gasteiger partial charge in [0, 0.05) is 27.4 Å². The predicted octanol–water partition coefficient (Wildman–Crippen LogP) is 0.925. The van der Waals surface area contributed by atoms with E-state index in [0.717, 1.165) is 31.5 Å². The van der Waals surface area contributed by atoms with Crippen LogP contribution in [0, 0.1) is 5.92 Å². The molecule has 0 aromatic rings. The highest BCUT2D eigenvalue weighted by molar-refractivity contribution is 6.60. The lowest BCUT2D eigenvalue weighted by Crippen LogP contribution is -2.44. The van der Waals surface area contributed by atoms with Crippen LogP contribution in [0.1, 0.15) is 19.3 Å². The Labute approximate surface area is 112 Å². The molecule has 0 unspecified atom stereocenters. The van der Waals surface area contributed by atoms with Gasteiger partial charge in [0.1, 0.15) is 0 Å². The summed E-state index contributed by atoms with van der Waals surface area (Å²) in [4.78, 5) is 2.51. The van der Waals surface area contributed by atoms with Crippen LogP contribution in [0.3, 0.4) is 0 Å². The zero-order valence-electron chi connectivity index (χ0n) is 12.0. The molecule has 0 amide bonds. The van der Waals surface area contributed by atoms with E-state index in [9.17, 15) is 0 Å². The van der Waals surface area contributed by atoms with Crippen molar-refractivity contribution in [1.82, 2.24) is 4.90 Å². The van der Waals surface area contributed by atoms with Crippen LogP contribution in [0.25, 0.3) is 0 Å². The summed E-state index contributed by atoms with van der Waals surface area (Å²) < 4.78 is 16.3. The van der Waals surface area contributed by atoms with E-state index in [1.54, 1.807) is 21.3 Å². The molecule has 108 valence electrons. The van der Waals surface area contributed by atoms with Gasteiger partial charge in [-0.3, -0.25) is 0 Å². The van der Waals surface area contributed by atoms with Gasteiger partial charge in [-0.25, -0.2) is 0 Å². The van der Waals surface area contributed by atoms with Crippen molar-refractivity contribution < 1.29 is 13.3 Å². The maximum Gasteiger partial charge on any atom is 0.500 e. The summed E-state index contributed by atoms with van der Waals surface area (Å²) in [6, 6.07) is 0.882. The second-order valence-electron chi connectivity index (χ2n) is 4.92. The summed E-state index contributed by atoms with van der Waals surface area (Å²) in [5.74, 6) is 0.728. The SMILES string of the molecule is CO[Si](CCCN1CCC(CN)CC1)(OC)OC. The van der Waals surface area contributed by atoms with Crippen LogP contribution in [-0.2, 0) is 13.3 Å². The number of rotatable bonds is 8. The fourth-order valence-electron chi connectivity index (χ4n) is 2.52. The molecule has 1 aliphatic heterocycles. The number of piperidine rings is 1. The molecule has 1 heterocycles. The van der Waals surface area contributed by atoms with E-state index >= 15 is 0 Å². The minimum atomic E-state index is -2.37. The van der Waals surface area contributed by atoms with Crippen LogP contribution in [0.4, 0.5) is 0 Å². The van der Waals surface area contributed by atoms with E-state index in [2.05, 4.69) is 4.90 Å². The zero-order chi connectivity index (χ0) is 13.4. The molecule has 0 radical (unpaired) electrons. The molecule has 0 saturated carbocycles. The summed E-state index contributed by atoms with van der Waals surface area (Å²) >= 11 is 0.